The van der Waals surface area contributed by atoms with Crippen LogP contribution in [0.25, 0.3) is 0 Å². The lowest BCUT2D eigenvalue weighted by molar-refractivity contribution is -0.140. The van der Waals surface area contributed by atoms with E-state index >= 15 is 0 Å². The number of rotatable bonds is 10. The van der Waals surface area contributed by atoms with E-state index in [-0.39, 0.29) is 12.1 Å². The number of hydrogen-bond donors (Lipinski definition) is 1. The van der Waals surface area contributed by atoms with E-state index < -0.39 is 5.60 Å². The lowest BCUT2D eigenvalue weighted by atomic mass is 9.85. The zero-order valence-corrected chi connectivity index (χ0v) is 15.7. The maximum absolute atomic E-state index is 11.6. The van der Waals surface area contributed by atoms with Crippen molar-refractivity contribution in [2.24, 2.45) is 11.8 Å². The van der Waals surface area contributed by atoms with E-state index in [1.54, 1.807) is 0 Å². The third kappa shape index (κ3) is 11.9. The molecular weight excluding hydrogens is 294 g/mol. The number of hydrogen-bond acceptors (Lipinski definition) is 4. The Morgan fingerprint density at radius 1 is 1.13 bits per heavy atom. The van der Waals surface area contributed by atoms with Gasteiger partial charge in [0, 0.05) is 13.0 Å². The van der Waals surface area contributed by atoms with Crippen LogP contribution >= 0.6 is 0 Å². The minimum atomic E-state index is -0.457. The largest absolute Gasteiger partial charge is 0.469 e. The summed E-state index contributed by atoms with van der Waals surface area (Å²) < 4.78 is 9.88. The predicted octanol–water partition coefficient (Wildman–Crippen LogP) is 4.30. The van der Waals surface area contributed by atoms with Gasteiger partial charge in [0.2, 0.25) is 0 Å². The lowest BCUT2D eigenvalue weighted by Gasteiger charge is -2.24. The van der Waals surface area contributed by atoms with E-state index in [1.807, 2.05) is 20.8 Å². The molecule has 0 radical (unpaired) electrons. The Morgan fingerprint density at radius 2 is 1.78 bits per heavy atom. The number of alkyl carbamates (subject to hydrolysis) is 1. The van der Waals surface area contributed by atoms with Gasteiger partial charge in [0.15, 0.2) is 0 Å². The summed E-state index contributed by atoms with van der Waals surface area (Å²) in [7, 11) is 1.43. The van der Waals surface area contributed by atoms with Gasteiger partial charge in [-0.05, 0) is 45.4 Å². The monoisotopic (exact) mass is 329 g/mol. The normalized spacial score (nSPS) is 14.0. The fourth-order valence-electron chi connectivity index (χ4n) is 2.64. The molecule has 2 atom stereocenters. The van der Waals surface area contributed by atoms with Crippen LogP contribution in [0.4, 0.5) is 4.79 Å². The van der Waals surface area contributed by atoms with Gasteiger partial charge in [-0.2, -0.15) is 0 Å². The lowest BCUT2D eigenvalue weighted by Crippen LogP contribution is -2.34. The van der Waals surface area contributed by atoms with Crippen LogP contribution in [-0.2, 0) is 14.3 Å². The molecule has 1 amide bonds. The molecule has 2 unspecified atom stereocenters. The first-order valence-electron chi connectivity index (χ1n) is 8.73. The highest BCUT2D eigenvalue weighted by Crippen LogP contribution is 2.24. The summed E-state index contributed by atoms with van der Waals surface area (Å²) in [5.74, 6) is 1.02. The third-order valence-electron chi connectivity index (χ3n) is 4.03. The topological polar surface area (TPSA) is 64.6 Å². The van der Waals surface area contributed by atoms with Crippen molar-refractivity contribution in [2.75, 3.05) is 13.7 Å². The molecule has 0 rings (SSSR count). The Labute approximate surface area is 141 Å². The van der Waals surface area contributed by atoms with Crippen LogP contribution in [0.5, 0.6) is 0 Å². The first-order chi connectivity index (χ1) is 10.7. The van der Waals surface area contributed by atoms with Crippen molar-refractivity contribution >= 4 is 12.1 Å². The smallest absolute Gasteiger partial charge is 0.407 e. The molecule has 23 heavy (non-hydrogen) atoms. The van der Waals surface area contributed by atoms with Gasteiger partial charge < -0.3 is 14.8 Å². The van der Waals surface area contributed by atoms with E-state index in [1.165, 1.54) is 7.11 Å². The summed E-state index contributed by atoms with van der Waals surface area (Å²) >= 11 is 0. The number of esters is 1. The molecule has 0 spiro atoms. The molecule has 0 aliphatic carbocycles. The van der Waals surface area contributed by atoms with E-state index in [0.717, 1.165) is 32.1 Å². The van der Waals surface area contributed by atoms with Crippen molar-refractivity contribution in [1.82, 2.24) is 5.32 Å². The molecule has 0 aromatic rings. The van der Waals surface area contributed by atoms with Crippen LogP contribution in [0.3, 0.4) is 0 Å². The Balaban J connectivity index is 3.95. The average molecular weight is 329 g/mol. The molecule has 0 saturated heterocycles. The fourth-order valence-corrected chi connectivity index (χ4v) is 2.64. The Bertz CT molecular complexity index is 349. The van der Waals surface area contributed by atoms with Crippen LogP contribution < -0.4 is 5.32 Å². The van der Waals surface area contributed by atoms with Crippen LogP contribution in [0.2, 0.25) is 0 Å². The minimum Gasteiger partial charge on any atom is -0.469 e. The molecular formula is C18H35NO4. The average Bonchev–Trinajstić information content (AvgIpc) is 2.45. The number of methoxy groups -OCH3 is 1. The van der Waals surface area contributed by atoms with Crippen molar-refractivity contribution in [1.29, 1.82) is 0 Å². The zero-order chi connectivity index (χ0) is 17.9. The van der Waals surface area contributed by atoms with E-state index in [4.69, 9.17) is 4.74 Å². The van der Waals surface area contributed by atoms with Crippen molar-refractivity contribution < 1.29 is 19.1 Å². The third-order valence-corrected chi connectivity index (χ3v) is 4.03. The molecule has 5 heteroatoms. The zero-order valence-electron chi connectivity index (χ0n) is 15.7. The highest BCUT2D eigenvalue weighted by Gasteiger charge is 2.18. The molecule has 0 aliphatic rings. The van der Waals surface area contributed by atoms with E-state index in [9.17, 15) is 9.59 Å². The first kappa shape index (κ1) is 21.7. The summed E-state index contributed by atoms with van der Waals surface area (Å²) in [4.78, 5) is 22.7. The number of nitrogens with one attached hydrogen (secondary N) is 1. The van der Waals surface area contributed by atoms with Gasteiger partial charge in [-0.15, -0.1) is 0 Å². The van der Waals surface area contributed by atoms with E-state index in [0.29, 0.717) is 24.8 Å². The maximum atomic E-state index is 11.6. The van der Waals surface area contributed by atoms with Crippen molar-refractivity contribution in [3.63, 3.8) is 0 Å². The van der Waals surface area contributed by atoms with Crippen LogP contribution in [0, 0.1) is 11.8 Å². The standard InChI is InChI=1S/C18H35NO4/c1-7-15(12-13-19-17(21)23-18(3,4)5)14(2)10-8-9-11-16(20)22-6/h14-15H,7-13H2,1-6H3,(H,19,21). The molecule has 136 valence electrons. The SMILES string of the molecule is CCC(CCNC(=O)OC(C)(C)C)C(C)CCCCC(=O)OC. The fraction of sp³-hybridized carbons (Fsp3) is 0.889. The summed E-state index contributed by atoms with van der Waals surface area (Å²) in [6, 6.07) is 0. The highest BCUT2D eigenvalue weighted by molar-refractivity contribution is 5.69. The van der Waals surface area contributed by atoms with Crippen LogP contribution in [-0.4, -0.2) is 31.3 Å². The van der Waals surface area contributed by atoms with Gasteiger partial charge in [-0.25, -0.2) is 4.79 Å². The van der Waals surface area contributed by atoms with Crippen molar-refractivity contribution in [2.45, 2.75) is 78.7 Å². The van der Waals surface area contributed by atoms with Gasteiger partial charge in [-0.1, -0.05) is 33.1 Å². The number of carbonyl (C=O) groups excluding carboxylic acids is 2. The van der Waals surface area contributed by atoms with E-state index in [2.05, 4.69) is 23.9 Å². The molecule has 0 aromatic heterocycles. The summed E-state index contributed by atoms with van der Waals surface area (Å²) in [6.45, 7) is 10.6. The van der Waals surface area contributed by atoms with Crippen molar-refractivity contribution in [3.05, 3.63) is 0 Å². The molecule has 0 heterocycles. The predicted molar refractivity (Wildman–Crippen MR) is 92.3 cm³/mol. The molecule has 0 saturated carbocycles. The number of ether oxygens (including phenoxy) is 2. The molecule has 0 fully saturated rings. The summed E-state index contributed by atoms with van der Waals surface area (Å²) in [5, 5.41) is 2.83. The number of unbranched alkanes of at least 4 members (excludes halogenated alkanes) is 1. The van der Waals surface area contributed by atoms with Crippen LogP contribution in [0.1, 0.15) is 73.1 Å². The van der Waals surface area contributed by atoms with Gasteiger partial charge in [0.1, 0.15) is 5.60 Å². The van der Waals surface area contributed by atoms with Gasteiger partial charge >= 0.3 is 12.1 Å². The minimum absolute atomic E-state index is 0.133. The molecule has 0 bridgehead atoms. The first-order valence-corrected chi connectivity index (χ1v) is 8.73. The van der Waals surface area contributed by atoms with Crippen LogP contribution in [0.15, 0.2) is 0 Å². The highest BCUT2D eigenvalue weighted by atomic mass is 16.6. The number of amides is 1. The van der Waals surface area contributed by atoms with Crippen molar-refractivity contribution in [3.8, 4) is 0 Å². The number of carbonyl (C=O) groups is 2. The van der Waals surface area contributed by atoms with Gasteiger partial charge in [0.05, 0.1) is 7.11 Å². The maximum Gasteiger partial charge on any atom is 0.407 e. The molecule has 0 aromatic carbocycles. The Kier molecular flexibility index (Phi) is 10.7. The second kappa shape index (κ2) is 11.3. The Morgan fingerprint density at radius 3 is 2.30 bits per heavy atom. The second-order valence-corrected chi connectivity index (χ2v) is 7.18. The molecule has 1 N–H and O–H groups in total. The Hall–Kier alpha value is -1.26. The summed E-state index contributed by atoms with van der Waals surface area (Å²) in [6.07, 6.45) is 5.21. The summed E-state index contributed by atoms with van der Waals surface area (Å²) in [5.41, 5.74) is -0.457. The van der Waals surface area contributed by atoms with Gasteiger partial charge in [0.25, 0.3) is 0 Å². The quantitative estimate of drug-likeness (QED) is 0.479. The molecule has 0 aliphatic heterocycles. The van der Waals surface area contributed by atoms with Gasteiger partial charge in [-0.3, -0.25) is 4.79 Å². The molecule has 5 nitrogen and oxygen atoms in total. The second-order valence-electron chi connectivity index (χ2n) is 7.18.